The number of fused-ring (bicyclic) bond motifs is 1. The molecule has 0 spiro atoms. The van der Waals surface area contributed by atoms with Crippen LogP contribution >= 0.6 is 0 Å². The molecule has 1 aliphatic rings. The maximum absolute atomic E-state index is 13.5. The van der Waals surface area contributed by atoms with Crippen LogP contribution in [0.15, 0.2) is 88.8 Å². The Hall–Kier alpha value is -4.23. The average molecular weight is 468 g/mol. The number of nitrogens with zero attached hydrogens (tertiary/aromatic N) is 2. The standard InChI is InChI=1S/C28H25N3O4/c1-34-17-25(32)31-24(18-12-14-20(35-2)15-13-18)16-23(30-31)27-26(19-8-4-3-5-9-19)21-10-6-7-11-22(21)29-28(27)33/h3-15,24H,16-17H2,1-2H3,(H,29,33)/t24-/m1/s1. The first-order valence-corrected chi connectivity index (χ1v) is 11.3. The molecule has 0 bridgehead atoms. The summed E-state index contributed by atoms with van der Waals surface area (Å²) < 4.78 is 10.4. The van der Waals surface area contributed by atoms with Crippen LogP contribution in [0.25, 0.3) is 22.0 Å². The summed E-state index contributed by atoms with van der Waals surface area (Å²) in [6.07, 6.45) is 0.392. The molecule has 0 saturated heterocycles. The highest BCUT2D eigenvalue weighted by Gasteiger charge is 2.35. The molecule has 1 amide bonds. The van der Waals surface area contributed by atoms with E-state index in [9.17, 15) is 9.59 Å². The van der Waals surface area contributed by atoms with Gasteiger partial charge in [-0.05, 0) is 29.3 Å². The number of amides is 1. The minimum Gasteiger partial charge on any atom is -0.497 e. The number of para-hydroxylation sites is 1. The fourth-order valence-corrected chi connectivity index (χ4v) is 4.59. The molecule has 0 saturated carbocycles. The van der Waals surface area contributed by atoms with E-state index in [1.54, 1.807) is 7.11 Å². The van der Waals surface area contributed by atoms with Crippen molar-refractivity contribution < 1.29 is 14.3 Å². The van der Waals surface area contributed by atoms with Gasteiger partial charge in [-0.25, -0.2) is 5.01 Å². The molecule has 0 radical (unpaired) electrons. The number of carbonyl (C=O) groups is 1. The van der Waals surface area contributed by atoms with Crippen LogP contribution in [0.3, 0.4) is 0 Å². The van der Waals surface area contributed by atoms with Crippen LogP contribution in [0.2, 0.25) is 0 Å². The molecule has 7 nitrogen and oxygen atoms in total. The monoisotopic (exact) mass is 467 g/mol. The third-order valence-electron chi connectivity index (χ3n) is 6.21. The summed E-state index contributed by atoms with van der Waals surface area (Å²) in [5.74, 6) is 0.446. The number of carbonyl (C=O) groups excluding carboxylic acids is 1. The lowest BCUT2D eigenvalue weighted by Crippen LogP contribution is -2.30. The topological polar surface area (TPSA) is 84.0 Å². The Kier molecular flexibility index (Phi) is 6.16. The van der Waals surface area contributed by atoms with Crippen LogP contribution < -0.4 is 10.3 Å². The van der Waals surface area contributed by atoms with E-state index in [1.807, 2.05) is 78.9 Å². The number of hydrogen-bond donors (Lipinski definition) is 1. The van der Waals surface area contributed by atoms with Crippen molar-refractivity contribution in [3.05, 3.63) is 100 Å². The molecule has 0 unspecified atom stereocenters. The number of benzene rings is 3. The van der Waals surface area contributed by atoms with Crippen molar-refractivity contribution in [3.63, 3.8) is 0 Å². The van der Waals surface area contributed by atoms with Gasteiger partial charge < -0.3 is 14.5 Å². The van der Waals surface area contributed by atoms with Gasteiger partial charge in [-0.3, -0.25) is 9.59 Å². The molecule has 1 atom stereocenters. The van der Waals surface area contributed by atoms with Gasteiger partial charge in [0, 0.05) is 30.0 Å². The number of nitrogens with one attached hydrogen (secondary N) is 1. The zero-order valence-electron chi connectivity index (χ0n) is 19.5. The fourth-order valence-electron chi connectivity index (χ4n) is 4.59. The Morgan fingerprint density at radius 2 is 1.69 bits per heavy atom. The van der Waals surface area contributed by atoms with E-state index in [-0.39, 0.29) is 24.1 Å². The summed E-state index contributed by atoms with van der Waals surface area (Å²) >= 11 is 0. The molecular weight excluding hydrogens is 442 g/mol. The van der Waals surface area contributed by atoms with Crippen LogP contribution in [-0.2, 0) is 9.53 Å². The molecule has 7 heteroatoms. The van der Waals surface area contributed by atoms with E-state index in [1.165, 1.54) is 12.1 Å². The highest BCUT2D eigenvalue weighted by molar-refractivity contribution is 6.12. The number of pyridine rings is 1. The Morgan fingerprint density at radius 1 is 0.971 bits per heavy atom. The molecule has 4 aromatic rings. The predicted octanol–water partition coefficient (Wildman–Crippen LogP) is 4.53. The first kappa shape index (κ1) is 22.6. The Balaban J connectivity index is 1.68. The van der Waals surface area contributed by atoms with Gasteiger partial charge in [-0.2, -0.15) is 5.10 Å². The van der Waals surface area contributed by atoms with E-state index < -0.39 is 0 Å². The van der Waals surface area contributed by atoms with Gasteiger partial charge in [0.25, 0.3) is 11.5 Å². The number of H-pyrrole nitrogens is 1. The van der Waals surface area contributed by atoms with Crippen molar-refractivity contribution in [2.75, 3.05) is 20.8 Å². The van der Waals surface area contributed by atoms with Crippen LogP contribution in [0.5, 0.6) is 5.75 Å². The average Bonchev–Trinajstić information content (AvgIpc) is 3.34. The number of hydrogen-bond acceptors (Lipinski definition) is 5. The highest BCUT2D eigenvalue weighted by atomic mass is 16.5. The molecule has 1 aromatic heterocycles. The van der Waals surface area contributed by atoms with Crippen LogP contribution in [0, 0.1) is 0 Å². The number of hydrazone groups is 1. The molecule has 5 rings (SSSR count). The lowest BCUT2D eigenvalue weighted by molar-refractivity contribution is -0.137. The minimum atomic E-state index is -0.368. The molecule has 35 heavy (non-hydrogen) atoms. The van der Waals surface area contributed by atoms with Crippen molar-refractivity contribution in [1.82, 2.24) is 9.99 Å². The van der Waals surface area contributed by atoms with Crippen molar-refractivity contribution in [2.45, 2.75) is 12.5 Å². The summed E-state index contributed by atoms with van der Waals surface area (Å²) in [5, 5.41) is 7.05. The van der Waals surface area contributed by atoms with E-state index in [0.29, 0.717) is 17.7 Å². The summed E-state index contributed by atoms with van der Waals surface area (Å²) in [5.41, 5.74) is 4.15. The molecule has 1 N–H and O–H groups in total. The molecule has 176 valence electrons. The second kappa shape index (κ2) is 9.56. The van der Waals surface area contributed by atoms with E-state index in [2.05, 4.69) is 4.98 Å². The number of rotatable bonds is 6. The lowest BCUT2D eigenvalue weighted by Gasteiger charge is -2.21. The Bertz CT molecular complexity index is 1460. The second-order valence-corrected chi connectivity index (χ2v) is 8.33. The largest absolute Gasteiger partial charge is 0.497 e. The Morgan fingerprint density at radius 3 is 2.40 bits per heavy atom. The van der Waals surface area contributed by atoms with E-state index in [0.717, 1.165) is 33.3 Å². The third kappa shape index (κ3) is 4.22. The SMILES string of the molecule is COCC(=O)N1N=C(c2c(-c3ccccc3)c3ccccc3[nH]c2=O)C[C@@H]1c1ccc(OC)cc1. The van der Waals surface area contributed by atoms with Crippen LogP contribution in [0.4, 0.5) is 0 Å². The molecular formula is C28H25N3O4. The molecule has 3 aromatic carbocycles. The molecule has 0 aliphatic carbocycles. The lowest BCUT2D eigenvalue weighted by atomic mass is 9.91. The van der Waals surface area contributed by atoms with E-state index in [4.69, 9.17) is 14.6 Å². The zero-order valence-corrected chi connectivity index (χ0v) is 19.5. The van der Waals surface area contributed by atoms with Crippen molar-refractivity contribution in [3.8, 4) is 16.9 Å². The number of ether oxygens (including phenoxy) is 2. The normalized spacial score (nSPS) is 15.3. The Labute approximate surface area is 202 Å². The van der Waals surface area contributed by atoms with Gasteiger partial charge in [0.15, 0.2) is 0 Å². The summed E-state index contributed by atoms with van der Waals surface area (Å²) in [6.45, 7) is -0.108. The minimum absolute atomic E-state index is 0.108. The van der Waals surface area contributed by atoms with Crippen molar-refractivity contribution >= 4 is 22.5 Å². The maximum atomic E-state index is 13.5. The maximum Gasteiger partial charge on any atom is 0.269 e. The number of aromatic nitrogens is 1. The van der Waals surface area contributed by atoms with Gasteiger partial charge >= 0.3 is 0 Å². The smallest absolute Gasteiger partial charge is 0.269 e. The van der Waals surface area contributed by atoms with Gasteiger partial charge in [-0.15, -0.1) is 0 Å². The fraction of sp³-hybridized carbons (Fsp3) is 0.179. The first-order valence-electron chi connectivity index (χ1n) is 11.3. The summed E-state index contributed by atoms with van der Waals surface area (Å²) in [6, 6.07) is 24.7. The molecule has 2 heterocycles. The van der Waals surface area contributed by atoms with Crippen molar-refractivity contribution in [1.29, 1.82) is 0 Å². The second-order valence-electron chi connectivity index (χ2n) is 8.33. The van der Waals surface area contributed by atoms with E-state index >= 15 is 0 Å². The number of aromatic amines is 1. The van der Waals surface area contributed by atoms with Crippen LogP contribution in [0.1, 0.15) is 23.6 Å². The highest BCUT2D eigenvalue weighted by Crippen LogP contribution is 2.37. The summed E-state index contributed by atoms with van der Waals surface area (Å²) in [7, 11) is 3.08. The third-order valence-corrected chi connectivity index (χ3v) is 6.21. The summed E-state index contributed by atoms with van der Waals surface area (Å²) in [4.78, 5) is 29.4. The molecule has 1 aliphatic heterocycles. The van der Waals surface area contributed by atoms with Gasteiger partial charge in [0.1, 0.15) is 12.4 Å². The van der Waals surface area contributed by atoms with Crippen LogP contribution in [-0.4, -0.2) is 42.4 Å². The first-order chi connectivity index (χ1) is 17.1. The predicted molar refractivity (Wildman–Crippen MR) is 136 cm³/mol. The number of methoxy groups -OCH3 is 2. The quantitative estimate of drug-likeness (QED) is 0.452. The zero-order chi connectivity index (χ0) is 24.4. The van der Waals surface area contributed by atoms with Gasteiger partial charge in [-0.1, -0.05) is 60.7 Å². The molecule has 0 fully saturated rings. The van der Waals surface area contributed by atoms with Gasteiger partial charge in [0.05, 0.1) is 24.4 Å². The van der Waals surface area contributed by atoms with Gasteiger partial charge in [0.2, 0.25) is 0 Å². The van der Waals surface area contributed by atoms with Crippen molar-refractivity contribution in [2.24, 2.45) is 5.10 Å².